The molecule has 5 nitrogen and oxygen atoms in total. The maximum absolute atomic E-state index is 5.14. The third-order valence-corrected chi connectivity index (χ3v) is 4.38. The molecule has 114 valence electrons. The van der Waals surface area contributed by atoms with Crippen molar-refractivity contribution in [3.05, 3.63) is 32.7 Å². The molecule has 0 aliphatic carbocycles. The van der Waals surface area contributed by atoms with Crippen LogP contribution in [0.15, 0.2) is 21.3 Å². The fourth-order valence-electron chi connectivity index (χ4n) is 1.93. The quantitative estimate of drug-likeness (QED) is 0.807. The second-order valence-electron chi connectivity index (χ2n) is 4.61. The predicted octanol–water partition coefficient (Wildman–Crippen LogP) is 3.52. The van der Waals surface area contributed by atoms with Crippen LogP contribution in [0, 0.1) is 0 Å². The summed E-state index contributed by atoms with van der Waals surface area (Å²) >= 11 is 5.18. The van der Waals surface area contributed by atoms with E-state index >= 15 is 0 Å². The third kappa shape index (κ3) is 4.66. The number of hydrogen-bond acceptors (Lipinski definition) is 6. The monoisotopic (exact) mass is 370 g/mol. The van der Waals surface area contributed by atoms with Gasteiger partial charge in [-0.1, -0.05) is 0 Å². The van der Waals surface area contributed by atoms with Crippen LogP contribution in [0.5, 0.6) is 0 Å². The summed E-state index contributed by atoms with van der Waals surface area (Å²) in [6, 6.07) is 4.09. The van der Waals surface area contributed by atoms with Crippen molar-refractivity contribution in [2.24, 2.45) is 0 Å². The Labute approximate surface area is 137 Å². The van der Waals surface area contributed by atoms with E-state index in [0.717, 1.165) is 28.5 Å². The summed E-state index contributed by atoms with van der Waals surface area (Å²) in [5.74, 6) is 2.40. The standard InChI is InChI=1S/C14H19BrN4OS/c1-4-16-12-6-14(18-13(17-12)8-20-3)19(2)7-10-5-11(15)21-9-10/h5-6,9H,4,7-8H2,1-3H3,(H,16,17,18). The number of aromatic nitrogens is 2. The highest BCUT2D eigenvalue weighted by Gasteiger charge is 2.10. The number of anilines is 2. The minimum absolute atomic E-state index is 0.407. The van der Waals surface area contributed by atoms with Gasteiger partial charge in [0.2, 0.25) is 0 Å². The van der Waals surface area contributed by atoms with Crippen molar-refractivity contribution < 1.29 is 4.74 Å². The highest BCUT2D eigenvalue weighted by atomic mass is 79.9. The van der Waals surface area contributed by atoms with Gasteiger partial charge in [-0.15, -0.1) is 11.3 Å². The Kier molecular flexibility index (Phi) is 5.96. The van der Waals surface area contributed by atoms with E-state index in [2.05, 4.69) is 47.6 Å². The zero-order chi connectivity index (χ0) is 15.2. The molecule has 2 aromatic rings. The first-order chi connectivity index (χ1) is 10.1. The fourth-order valence-corrected chi connectivity index (χ4v) is 3.13. The van der Waals surface area contributed by atoms with E-state index in [-0.39, 0.29) is 0 Å². The first-order valence-electron chi connectivity index (χ1n) is 6.67. The van der Waals surface area contributed by atoms with Gasteiger partial charge in [0.25, 0.3) is 0 Å². The topological polar surface area (TPSA) is 50.3 Å². The van der Waals surface area contributed by atoms with Gasteiger partial charge in [0, 0.05) is 33.3 Å². The number of nitrogens with one attached hydrogen (secondary N) is 1. The molecule has 0 saturated carbocycles. The van der Waals surface area contributed by atoms with E-state index in [1.165, 1.54) is 5.56 Å². The number of methoxy groups -OCH3 is 1. The second kappa shape index (κ2) is 7.72. The Morgan fingerprint density at radius 3 is 2.81 bits per heavy atom. The van der Waals surface area contributed by atoms with Gasteiger partial charge in [0.1, 0.15) is 18.2 Å². The Morgan fingerprint density at radius 1 is 1.38 bits per heavy atom. The van der Waals surface area contributed by atoms with Crippen LogP contribution in [0.3, 0.4) is 0 Å². The molecule has 7 heteroatoms. The summed E-state index contributed by atoms with van der Waals surface area (Å²) in [4.78, 5) is 11.1. The fraction of sp³-hybridized carbons (Fsp3) is 0.429. The molecule has 2 aromatic heterocycles. The maximum atomic E-state index is 5.14. The van der Waals surface area contributed by atoms with Crippen molar-refractivity contribution in [3.63, 3.8) is 0 Å². The van der Waals surface area contributed by atoms with Gasteiger partial charge in [0.05, 0.1) is 3.79 Å². The highest BCUT2D eigenvalue weighted by molar-refractivity contribution is 9.11. The first-order valence-corrected chi connectivity index (χ1v) is 8.34. The lowest BCUT2D eigenvalue weighted by molar-refractivity contribution is 0.178. The van der Waals surface area contributed by atoms with Gasteiger partial charge in [0.15, 0.2) is 5.82 Å². The van der Waals surface area contributed by atoms with Crippen LogP contribution < -0.4 is 10.2 Å². The summed E-state index contributed by atoms with van der Waals surface area (Å²) in [6.07, 6.45) is 0. The van der Waals surface area contributed by atoms with Crippen LogP contribution in [0.4, 0.5) is 11.6 Å². The normalized spacial score (nSPS) is 10.7. The van der Waals surface area contributed by atoms with Crippen molar-refractivity contribution in [3.8, 4) is 0 Å². The maximum Gasteiger partial charge on any atom is 0.158 e. The van der Waals surface area contributed by atoms with Gasteiger partial charge in [-0.25, -0.2) is 9.97 Å². The van der Waals surface area contributed by atoms with Crippen molar-refractivity contribution in [2.75, 3.05) is 30.9 Å². The molecule has 2 heterocycles. The third-order valence-electron chi connectivity index (χ3n) is 2.82. The molecule has 0 spiro atoms. The summed E-state index contributed by atoms with van der Waals surface area (Å²) in [6.45, 7) is 4.08. The smallest absolute Gasteiger partial charge is 0.158 e. The molecular weight excluding hydrogens is 352 g/mol. The number of nitrogens with zero attached hydrogens (tertiary/aromatic N) is 3. The molecule has 0 amide bonds. The SMILES string of the molecule is CCNc1cc(N(C)Cc2csc(Br)c2)nc(COC)n1. The van der Waals surface area contributed by atoms with Crippen LogP contribution in [0.25, 0.3) is 0 Å². The molecule has 0 atom stereocenters. The molecule has 21 heavy (non-hydrogen) atoms. The highest BCUT2D eigenvalue weighted by Crippen LogP contribution is 2.23. The van der Waals surface area contributed by atoms with Crippen LogP contribution in [0.1, 0.15) is 18.3 Å². The Morgan fingerprint density at radius 2 is 2.19 bits per heavy atom. The van der Waals surface area contributed by atoms with Crippen LogP contribution >= 0.6 is 27.3 Å². The van der Waals surface area contributed by atoms with E-state index in [9.17, 15) is 0 Å². The number of hydrogen-bond donors (Lipinski definition) is 1. The molecule has 0 unspecified atom stereocenters. The van der Waals surface area contributed by atoms with Crippen molar-refractivity contribution in [1.29, 1.82) is 0 Å². The molecule has 0 saturated heterocycles. The number of halogens is 1. The summed E-state index contributed by atoms with van der Waals surface area (Å²) in [7, 11) is 3.68. The second-order valence-corrected chi connectivity index (χ2v) is 6.90. The Bertz CT molecular complexity index is 566. The predicted molar refractivity (Wildman–Crippen MR) is 91.0 cm³/mol. The molecule has 0 fully saturated rings. The van der Waals surface area contributed by atoms with Crippen molar-refractivity contribution >= 4 is 38.9 Å². The summed E-state index contributed by atoms with van der Waals surface area (Å²) in [5, 5.41) is 5.37. The Balaban J connectivity index is 2.19. The lowest BCUT2D eigenvalue weighted by atomic mass is 10.3. The molecular formula is C14H19BrN4OS. The zero-order valence-corrected chi connectivity index (χ0v) is 14.8. The lowest BCUT2D eigenvalue weighted by Crippen LogP contribution is -2.19. The van der Waals surface area contributed by atoms with E-state index in [4.69, 9.17) is 4.74 Å². The minimum atomic E-state index is 0.407. The molecule has 1 N–H and O–H groups in total. The van der Waals surface area contributed by atoms with Gasteiger partial charge in [-0.2, -0.15) is 0 Å². The van der Waals surface area contributed by atoms with Gasteiger partial charge < -0.3 is 15.0 Å². The lowest BCUT2D eigenvalue weighted by Gasteiger charge is -2.19. The first kappa shape index (κ1) is 16.2. The molecule has 0 bridgehead atoms. The average molecular weight is 371 g/mol. The van der Waals surface area contributed by atoms with Crippen molar-refractivity contribution in [1.82, 2.24) is 9.97 Å². The molecule has 0 aromatic carbocycles. The molecule has 0 radical (unpaired) electrons. The van der Waals surface area contributed by atoms with Gasteiger partial charge in [-0.05, 0) is 39.9 Å². The van der Waals surface area contributed by atoms with E-state index in [1.807, 2.05) is 20.0 Å². The molecule has 0 aliphatic rings. The van der Waals surface area contributed by atoms with Crippen LogP contribution in [0.2, 0.25) is 0 Å². The molecule has 0 aliphatic heterocycles. The minimum Gasteiger partial charge on any atom is -0.377 e. The van der Waals surface area contributed by atoms with Crippen LogP contribution in [-0.2, 0) is 17.9 Å². The van der Waals surface area contributed by atoms with E-state index in [1.54, 1.807) is 18.4 Å². The largest absolute Gasteiger partial charge is 0.377 e. The zero-order valence-electron chi connectivity index (χ0n) is 12.4. The van der Waals surface area contributed by atoms with E-state index < -0.39 is 0 Å². The summed E-state index contributed by atoms with van der Waals surface area (Å²) < 4.78 is 6.28. The van der Waals surface area contributed by atoms with Crippen molar-refractivity contribution in [2.45, 2.75) is 20.1 Å². The van der Waals surface area contributed by atoms with E-state index in [0.29, 0.717) is 12.4 Å². The Hall–Kier alpha value is -1.18. The molecule has 2 rings (SSSR count). The number of thiophene rings is 1. The number of ether oxygens (including phenoxy) is 1. The summed E-state index contributed by atoms with van der Waals surface area (Å²) in [5.41, 5.74) is 1.26. The number of rotatable bonds is 7. The van der Waals surface area contributed by atoms with Gasteiger partial charge >= 0.3 is 0 Å². The van der Waals surface area contributed by atoms with Gasteiger partial charge in [-0.3, -0.25) is 0 Å². The average Bonchev–Trinajstić information content (AvgIpc) is 2.84. The van der Waals surface area contributed by atoms with Crippen LogP contribution in [-0.4, -0.2) is 30.7 Å².